The van der Waals surface area contributed by atoms with Crippen LogP contribution in [0.2, 0.25) is 0 Å². The lowest BCUT2D eigenvalue weighted by atomic mass is 10.2. The van der Waals surface area contributed by atoms with Crippen molar-refractivity contribution in [3.63, 3.8) is 0 Å². The van der Waals surface area contributed by atoms with E-state index < -0.39 is 5.97 Å². The first kappa shape index (κ1) is 13.1. The second kappa shape index (κ2) is 5.56. The summed E-state index contributed by atoms with van der Waals surface area (Å²) in [5.74, 6) is -1.07. The van der Waals surface area contributed by atoms with Gasteiger partial charge in [-0.3, -0.25) is 9.59 Å². The third kappa shape index (κ3) is 2.93. The third-order valence-electron chi connectivity index (χ3n) is 3.02. The molecule has 5 nitrogen and oxygen atoms in total. The third-order valence-corrected chi connectivity index (χ3v) is 3.02. The first-order valence-corrected chi connectivity index (χ1v) is 6.20. The van der Waals surface area contributed by atoms with E-state index in [4.69, 9.17) is 5.11 Å². The van der Waals surface area contributed by atoms with Crippen molar-refractivity contribution < 1.29 is 14.7 Å². The number of rotatable bonds is 5. The number of para-hydroxylation sites is 1. The van der Waals surface area contributed by atoms with Crippen molar-refractivity contribution in [1.82, 2.24) is 9.88 Å². The zero-order chi connectivity index (χ0) is 13.8. The lowest BCUT2D eigenvalue weighted by Gasteiger charge is -2.18. The highest BCUT2D eigenvalue weighted by Gasteiger charge is 2.17. The number of aromatic amines is 1. The fourth-order valence-electron chi connectivity index (χ4n) is 1.99. The number of nitrogens with zero attached hydrogens (tertiary/aromatic N) is 1. The normalized spacial score (nSPS) is 10.6. The van der Waals surface area contributed by atoms with E-state index in [0.717, 1.165) is 10.9 Å². The summed E-state index contributed by atoms with van der Waals surface area (Å²) in [5, 5.41) is 9.65. The number of H-pyrrole nitrogens is 1. The Morgan fingerprint density at radius 1 is 1.32 bits per heavy atom. The summed E-state index contributed by atoms with van der Waals surface area (Å²) >= 11 is 0. The topological polar surface area (TPSA) is 73.4 Å². The second-order valence-electron chi connectivity index (χ2n) is 4.30. The summed E-state index contributed by atoms with van der Waals surface area (Å²) in [7, 11) is 0. The molecule has 1 heterocycles. The van der Waals surface area contributed by atoms with Gasteiger partial charge in [0.2, 0.25) is 0 Å². The van der Waals surface area contributed by atoms with E-state index >= 15 is 0 Å². The number of benzene rings is 1. The Morgan fingerprint density at radius 3 is 2.68 bits per heavy atom. The molecule has 0 radical (unpaired) electrons. The zero-order valence-electron chi connectivity index (χ0n) is 10.7. The van der Waals surface area contributed by atoms with Crippen LogP contribution in [0.1, 0.15) is 23.8 Å². The molecule has 5 heteroatoms. The molecule has 100 valence electrons. The van der Waals surface area contributed by atoms with Crippen LogP contribution >= 0.6 is 0 Å². The molecule has 0 atom stereocenters. The molecule has 0 unspecified atom stereocenters. The Morgan fingerprint density at radius 2 is 2.05 bits per heavy atom. The molecule has 2 N–H and O–H groups in total. The van der Waals surface area contributed by atoms with Gasteiger partial charge in [0.05, 0.1) is 6.42 Å². The number of fused-ring (bicyclic) bond motifs is 1. The van der Waals surface area contributed by atoms with Gasteiger partial charge in [-0.25, -0.2) is 0 Å². The zero-order valence-corrected chi connectivity index (χ0v) is 10.7. The number of hydrogen-bond acceptors (Lipinski definition) is 2. The van der Waals surface area contributed by atoms with Crippen LogP contribution in [0.25, 0.3) is 10.9 Å². The first-order chi connectivity index (χ1) is 9.11. The van der Waals surface area contributed by atoms with Gasteiger partial charge in [0.25, 0.3) is 5.91 Å². The van der Waals surface area contributed by atoms with Gasteiger partial charge < -0.3 is 15.0 Å². The van der Waals surface area contributed by atoms with Gasteiger partial charge >= 0.3 is 5.97 Å². The van der Waals surface area contributed by atoms with Crippen molar-refractivity contribution in [1.29, 1.82) is 0 Å². The summed E-state index contributed by atoms with van der Waals surface area (Å²) in [6, 6.07) is 9.43. The van der Waals surface area contributed by atoms with Crippen molar-refractivity contribution in [2.24, 2.45) is 0 Å². The largest absolute Gasteiger partial charge is 0.481 e. The summed E-state index contributed by atoms with van der Waals surface area (Å²) < 4.78 is 0. The van der Waals surface area contributed by atoms with Crippen LogP contribution in [0.3, 0.4) is 0 Å². The van der Waals surface area contributed by atoms with Crippen molar-refractivity contribution in [3.05, 3.63) is 36.0 Å². The minimum absolute atomic E-state index is 0.0419. The number of aliphatic carboxylic acids is 1. The molecule has 0 aliphatic rings. The van der Waals surface area contributed by atoms with E-state index in [-0.39, 0.29) is 18.9 Å². The first-order valence-electron chi connectivity index (χ1n) is 6.20. The number of carboxylic acids is 1. The highest BCUT2D eigenvalue weighted by atomic mass is 16.4. The molecule has 2 aromatic rings. The van der Waals surface area contributed by atoms with Crippen LogP contribution in [0, 0.1) is 0 Å². The smallest absolute Gasteiger partial charge is 0.305 e. The van der Waals surface area contributed by atoms with E-state index in [1.54, 1.807) is 6.07 Å². The Hall–Kier alpha value is -2.30. The molecular formula is C14H16N2O3. The number of amides is 1. The maximum absolute atomic E-state index is 12.3. The van der Waals surface area contributed by atoms with E-state index in [2.05, 4.69) is 4.98 Å². The number of aromatic nitrogens is 1. The summed E-state index contributed by atoms with van der Waals surface area (Å²) in [6.45, 7) is 2.55. The fourth-order valence-corrected chi connectivity index (χ4v) is 1.99. The van der Waals surface area contributed by atoms with E-state index in [1.807, 2.05) is 31.2 Å². The molecule has 19 heavy (non-hydrogen) atoms. The fraction of sp³-hybridized carbons (Fsp3) is 0.286. The van der Waals surface area contributed by atoms with Gasteiger partial charge in [-0.15, -0.1) is 0 Å². The number of carbonyl (C=O) groups excluding carboxylic acids is 1. The van der Waals surface area contributed by atoms with Gasteiger partial charge in [-0.1, -0.05) is 18.2 Å². The predicted molar refractivity (Wildman–Crippen MR) is 72.1 cm³/mol. The lowest BCUT2D eigenvalue weighted by Crippen LogP contribution is -2.33. The van der Waals surface area contributed by atoms with E-state index in [1.165, 1.54) is 4.90 Å². The quantitative estimate of drug-likeness (QED) is 0.864. The summed E-state index contributed by atoms with van der Waals surface area (Å²) in [6.07, 6.45) is -0.0419. The maximum Gasteiger partial charge on any atom is 0.305 e. The van der Waals surface area contributed by atoms with Crippen LogP contribution in [0.4, 0.5) is 0 Å². The van der Waals surface area contributed by atoms with Crippen molar-refractivity contribution >= 4 is 22.8 Å². The minimum Gasteiger partial charge on any atom is -0.481 e. The average molecular weight is 260 g/mol. The number of hydrogen-bond donors (Lipinski definition) is 2. The average Bonchev–Trinajstić information content (AvgIpc) is 2.82. The number of carbonyl (C=O) groups is 2. The molecule has 0 aliphatic heterocycles. The van der Waals surface area contributed by atoms with Gasteiger partial charge in [-0.2, -0.15) is 0 Å². The molecule has 1 aromatic carbocycles. The number of carboxylic acid groups (broad SMARTS) is 1. The molecule has 1 aromatic heterocycles. The Kier molecular flexibility index (Phi) is 3.85. The Bertz CT molecular complexity index is 571. The van der Waals surface area contributed by atoms with Crippen molar-refractivity contribution in [2.45, 2.75) is 13.3 Å². The van der Waals surface area contributed by atoms with Gasteiger partial charge in [0, 0.05) is 24.0 Å². The molecule has 0 aliphatic carbocycles. The van der Waals surface area contributed by atoms with Gasteiger partial charge in [-0.05, 0) is 19.1 Å². The molecule has 0 fully saturated rings. The van der Waals surface area contributed by atoms with Crippen LogP contribution in [-0.4, -0.2) is 40.0 Å². The van der Waals surface area contributed by atoms with Crippen LogP contribution in [0.5, 0.6) is 0 Å². The highest BCUT2D eigenvalue weighted by molar-refractivity contribution is 5.98. The Labute approximate surface area is 110 Å². The van der Waals surface area contributed by atoms with Crippen LogP contribution < -0.4 is 0 Å². The van der Waals surface area contributed by atoms with E-state index in [9.17, 15) is 9.59 Å². The molecular weight excluding hydrogens is 244 g/mol. The molecule has 0 spiro atoms. The number of nitrogens with one attached hydrogen (secondary N) is 1. The monoisotopic (exact) mass is 260 g/mol. The summed E-state index contributed by atoms with van der Waals surface area (Å²) in [4.78, 5) is 27.4. The molecule has 0 saturated carbocycles. The van der Waals surface area contributed by atoms with Crippen LogP contribution in [-0.2, 0) is 4.79 Å². The molecule has 2 rings (SSSR count). The lowest BCUT2D eigenvalue weighted by molar-refractivity contribution is -0.137. The second-order valence-corrected chi connectivity index (χ2v) is 4.30. The van der Waals surface area contributed by atoms with Crippen molar-refractivity contribution in [3.8, 4) is 0 Å². The maximum atomic E-state index is 12.3. The van der Waals surface area contributed by atoms with Crippen LogP contribution in [0.15, 0.2) is 30.3 Å². The van der Waals surface area contributed by atoms with Crippen molar-refractivity contribution in [2.75, 3.05) is 13.1 Å². The molecule has 0 saturated heterocycles. The minimum atomic E-state index is -0.900. The SMILES string of the molecule is CCN(CCC(=O)O)C(=O)c1cc2ccccc2[nH]1. The Balaban J connectivity index is 2.18. The van der Waals surface area contributed by atoms with E-state index in [0.29, 0.717) is 12.2 Å². The summed E-state index contributed by atoms with van der Waals surface area (Å²) in [5.41, 5.74) is 1.40. The highest BCUT2D eigenvalue weighted by Crippen LogP contribution is 2.16. The standard InChI is InChI=1S/C14H16N2O3/c1-2-16(8-7-13(17)18)14(19)12-9-10-5-3-4-6-11(10)15-12/h3-6,9,15H,2,7-8H2,1H3,(H,17,18). The van der Waals surface area contributed by atoms with Gasteiger partial charge in [0.1, 0.15) is 5.69 Å². The predicted octanol–water partition coefficient (Wildman–Crippen LogP) is 2.10. The van der Waals surface area contributed by atoms with Gasteiger partial charge in [0.15, 0.2) is 0 Å². The molecule has 1 amide bonds. The molecule has 0 bridgehead atoms.